The van der Waals surface area contributed by atoms with Crippen molar-refractivity contribution < 1.29 is 4.42 Å². The van der Waals surface area contributed by atoms with Crippen LogP contribution in [0.3, 0.4) is 0 Å². The lowest BCUT2D eigenvalue weighted by Gasteiger charge is -2.20. The Hall–Kier alpha value is -2.91. The van der Waals surface area contributed by atoms with Crippen molar-refractivity contribution in [3.63, 3.8) is 0 Å². The van der Waals surface area contributed by atoms with Gasteiger partial charge in [-0.05, 0) is 41.9 Å². The minimum atomic E-state index is 0.675. The van der Waals surface area contributed by atoms with Crippen LogP contribution in [-0.2, 0) is 13.1 Å². The van der Waals surface area contributed by atoms with Gasteiger partial charge in [0.1, 0.15) is 5.52 Å². The van der Waals surface area contributed by atoms with Gasteiger partial charge in [0.05, 0.1) is 0 Å². The number of hydrogen-bond donors (Lipinski definition) is 0. The maximum absolute atomic E-state index is 5.85. The summed E-state index contributed by atoms with van der Waals surface area (Å²) in [6.07, 6.45) is 0. The van der Waals surface area contributed by atoms with Crippen molar-refractivity contribution in [2.45, 2.75) is 20.0 Å². The topological polar surface area (TPSA) is 29.3 Å². The van der Waals surface area contributed by atoms with Gasteiger partial charge in [0, 0.05) is 18.7 Å². The zero-order valence-corrected chi connectivity index (χ0v) is 14.9. The van der Waals surface area contributed by atoms with E-state index in [0.29, 0.717) is 5.89 Å². The third-order valence-corrected chi connectivity index (χ3v) is 4.60. The van der Waals surface area contributed by atoms with Crippen LogP contribution in [-0.4, -0.2) is 16.4 Å². The van der Waals surface area contributed by atoms with Gasteiger partial charge in [-0.3, -0.25) is 4.90 Å². The molecule has 3 aromatic carbocycles. The van der Waals surface area contributed by atoms with Gasteiger partial charge in [-0.2, -0.15) is 0 Å². The van der Waals surface area contributed by atoms with Gasteiger partial charge in [-0.25, -0.2) is 4.98 Å². The van der Waals surface area contributed by atoms with Crippen LogP contribution in [0.25, 0.3) is 22.6 Å². The molecule has 1 heterocycles. The molecule has 3 heteroatoms. The lowest BCUT2D eigenvalue weighted by atomic mass is 10.1. The lowest BCUT2D eigenvalue weighted by molar-refractivity contribution is 0.271. The molecule has 0 unspecified atom stereocenters. The molecule has 0 bridgehead atoms. The molecule has 0 saturated carbocycles. The zero-order chi connectivity index (χ0) is 17.8. The molecule has 0 atom stereocenters. The number of oxazole rings is 1. The van der Waals surface area contributed by atoms with Crippen LogP contribution in [0.15, 0.2) is 83.3 Å². The Labute approximate surface area is 153 Å². The van der Waals surface area contributed by atoms with Crippen LogP contribution in [0.5, 0.6) is 0 Å². The highest BCUT2D eigenvalue weighted by atomic mass is 16.3. The first-order chi connectivity index (χ1) is 12.8. The van der Waals surface area contributed by atoms with Crippen molar-refractivity contribution in [2.24, 2.45) is 0 Å². The van der Waals surface area contributed by atoms with Crippen molar-refractivity contribution in [1.82, 2.24) is 9.88 Å². The highest BCUT2D eigenvalue weighted by Crippen LogP contribution is 2.24. The van der Waals surface area contributed by atoms with E-state index in [0.717, 1.165) is 36.3 Å². The molecule has 0 fully saturated rings. The standard InChI is InChI=1S/C23H22N2O/c1-2-25(16-18-8-4-3-5-9-18)17-19-12-14-20(15-13-19)23-24-21-10-6-7-11-22(21)26-23/h3-15H,2,16-17H2,1H3. The van der Waals surface area contributed by atoms with E-state index in [9.17, 15) is 0 Å². The normalized spacial score (nSPS) is 11.3. The molecular formula is C23H22N2O. The number of hydrogen-bond acceptors (Lipinski definition) is 3. The first kappa shape index (κ1) is 16.6. The van der Waals surface area contributed by atoms with Crippen molar-refractivity contribution in [1.29, 1.82) is 0 Å². The van der Waals surface area contributed by atoms with Gasteiger partial charge < -0.3 is 4.42 Å². The molecular weight excluding hydrogens is 320 g/mol. The second-order valence-electron chi connectivity index (χ2n) is 6.47. The van der Waals surface area contributed by atoms with Crippen LogP contribution in [0.1, 0.15) is 18.1 Å². The first-order valence-corrected chi connectivity index (χ1v) is 9.03. The van der Waals surface area contributed by atoms with Gasteiger partial charge >= 0.3 is 0 Å². The predicted octanol–water partition coefficient (Wildman–Crippen LogP) is 5.52. The number of benzene rings is 3. The molecule has 4 rings (SSSR count). The van der Waals surface area contributed by atoms with Gasteiger partial charge in [-0.1, -0.05) is 61.5 Å². The molecule has 0 aliphatic heterocycles. The molecule has 0 amide bonds. The van der Waals surface area contributed by atoms with Gasteiger partial charge in [-0.15, -0.1) is 0 Å². The summed E-state index contributed by atoms with van der Waals surface area (Å²) in [5, 5.41) is 0. The van der Waals surface area contributed by atoms with Crippen molar-refractivity contribution >= 4 is 11.1 Å². The van der Waals surface area contributed by atoms with Gasteiger partial charge in [0.2, 0.25) is 5.89 Å². The van der Waals surface area contributed by atoms with Crippen molar-refractivity contribution in [2.75, 3.05) is 6.54 Å². The fraction of sp³-hybridized carbons (Fsp3) is 0.174. The molecule has 0 radical (unpaired) electrons. The van der Waals surface area contributed by atoms with E-state index in [4.69, 9.17) is 4.42 Å². The summed E-state index contributed by atoms with van der Waals surface area (Å²) in [5.74, 6) is 0.675. The van der Waals surface area contributed by atoms with E-state index in [1.54, 1.807) is 0 Å². The smallest absolute Gasteiger partial charge is 0.227 e. The minimum Gasteiger partial charge on any atom is -0.436 e. The Morgan fingerprint density at radius 3 is 2.12 bits per heavy atom. The fourth-order valence-corrected chi connectivity index (χ4v) is 3.13. The number of aromatic nitrogens is 1. The summed E-state index contributed by atoms with van der Waals surface area (Å²) < 4.78 is 5.85. The maximum Gasteiger partial charge on any atom is 0.227 e. The van der Waals surface area contributed by atoms with E-state index in [1.807, 2.05) is 24.3 Å². The monoisotopic (exact) mass is 342 g/mol. The van der Waals surface area contributed by atoms with Gasteiger partial charge in [0.25, 0.3) is 0 Å². The summed E-state index contributed by atoms with van der Waals surface area (Å²) in [4.78, 5) is 7.00. The first-order valence-electron chi connectivity index (χ1n) is 9.03. The highest BCUT2D eigenvalue weighted by molar-refractivity contribution is 5.75. The van der Waals surface area contributed by atoms with Crippen LogP contribution in [0.2, 0.25) is 0 Å². The summed E-state index contributed by atoms with van der Waals surface area (Å²) in [6.45, 7) is 5.11. The molecule has 3 nitrogen and oxygen atoms in total. The van der Waals surface area contributed by atoms with Crippen molar-refractivity contribution in [3.05, 3.63) is 90.0 Å². The van der Waals surface area contributed by atoms with Crippen LogP contribution < -0.4 is 0 Å². The van der Waals surface area contributed by atoms with E-state index in [-0.39, 0.29) is 0 Å². The molecule has 4 aromatic rings. The second-order valence-corrected chi connectivity index (χ2v) is 6.47. The second kappa shape index (κ2) is 7.54. The van der Waals surface area contributed by atoms with Gasteiger partial charge in [0.15, 0.2) is 5.58 Å². The molecule has 130 valence electrons. The van der Waals surface area contributed by atoms with E-state index in [2.05, 4.69) is 71.4 Å². The quantitative estimate of drug-likeness (QED) is 0.462. The summed E-state index contributed by atoms with van der Waals surface area (Å²) in [5.41, 5.74) is 5.37. The molecule has 0 saturated heterocycles. The summed E-state index contributed by atoms with van der Waals surface area (Å²) in [7, 11) is 0. The van der Waals surface area contributed by atoms with Crippen LogP contribution >= 0.6 is 0 Å². The third-order valence-electron chi connectivity index (χ3n) is 4.60. The summed E-state index contributed by atoms with van der Waals surface area (Å²) >= 11 is 0. The fourth-order valence-electron chi connectivity index (χ4n) is 3.13. The number of rotatable bonds is 6. The zero-order valence-electron chi connectivity index (χ0n) is 14.9. The largest absolute Gasteiger partial charge is 0.436 e. The average molecular weight is 342 g/mol. The molecule has 0 N–H and O–H groups in total. The Morgan fingerprint density at radius 2 is 1.42 bits per heavy atom. The number of fused-ring (bicyclic) bond motifs is 1. The molecule has 0 spiro atoms. The molecule has 26 heavy (non-hydrogen) atoms. The predicted molar refractivity (Wildman–Crippen MR) is 106 cm³/mol. The summed E-state index contributed by atoms with van der Waals surface area (Å²) in [6, 6.07) is 27.0. The Balaban J connectivity index is 1.48. The Morgan fingerprint density at radius 1 is 0.769 bits per heavy atom. The van der Waals surface area contributed by atoms with Crippen LogP contribution in [0.4, 0.5) is 0 Å². The number of nitrogens with zero attached hydrogens (tertiary/aromatic N) is 2. The molecule has 0 aliphatic rings. The van der Waals surface area contributed by atoms with E-state index < -0.39 is 0 Å². The SMILES string of the molecule is CCN(Cc1ccccc1)Cc1ccc(-c2nc3ccccc3o2)cc1. The average Bonchev–Trinajstić information content (AvgIpc) is 3.13. The Kier molecular flexibility index (Phi) is 4.80. The highest BCUT2D eigenvalue weighted by Gasteiger charge is 2.09. The van der Waals surface area contributed by atoms with Crippen LogP contribution in [0, 0.1) is 0 Å². The van der Waals surface area contributed by atoms with E-state index >= 15 is 0 Å². The Bertz CT molecular complexity index is 941. The third kappa shape index (κ3) is 3.68. The molecule has 1 aromatic heterocycles. The number of para-hydroxylation sites is 2. The maximum atomic E-state index is 5.85. The molecule has 0 aliphatic carbocycles. The van der Waals surface area contributed by atoms with E-state index in [1.165, 1.54) is 11.1 Å². The van der Waals surface area contributed by atoms with Crippen molar-refractivity contribution in [3.8, 4) is 11.5 Å². The lowest BCUT2D eigenvalue weighted by Crippen LogP contribution is -2.22. The minimum absolute atomic E-state index is 0.675.